The van der Waals surface area contributed by atoms with E-state index in [0.717, 1.165) is 28.1 Å². The highest BCUT2D eigenvalue weighted by molar-refractivity contribution is 5.78. The van der Waals surface area contributed by atoms with Crippen LogP contribution >= 0.6 is 0 Å². The first-order valence-corrected chi connectivity index (χ1v) is 6.88. The van der Waals surface area contributed by atoms with Gasteiger partial charge in [0.15, 0.2) is 0 Å². The minimum atomic E-state index is -0.258. The van der Waals surface area contributed by atoms with Crippen LogP contribution < -0.4 is 5.32 Å². The molecule has 1 unspecified atom stereocenters. The van der Waals surface area contributed by atoms with Gasteiger partial charge in [-0.1, -0.05) is 0 Å². The zero-order valence-corrected chi connectivity index (χ0v) is 12.3. The molecule has 3 rings (SSSR count). The molecule has 0 saturated carbocycles. The summed E-state index contributed by atoms with van der Waals surface area (Å²) in [4.78, 5) is 4.39. The van der Waals surface area contributed by atoms with E-state index in [1.54, 1.807) is 6.07 Å². The van der Waals surface area contributed by atoms with Gasteiger partial charge in [-0.2, -0.15) is 0 Å². The van der Waals surface area contributed by atoms with E-state index in [0.29, 0.717) is 5.58 Å². The summed E-state index contributed by atoms with van der Waals surface area (Å²) in [6.45, 7) is 3.94. The van der Waals surface area contributed by atoms with Gasteiger partial charge in [0.05, 0.1) is 6.04 Å². The van der Waals surface area contributed by atoms with Gasteiger partial charge in [-0.25, -0.2) is 4.39 Å². The molecule has 2 heterocycles. The Hall–Kier alpha value is -2.20. The fourth-order valence-corrected chi connectivity index (χ4v) is 2.68. The Balaban J connectivity index is 2.08. The first kappa shape index (κ1) is 13.8. The second-order valence-corrected chi connectivity index (χ2v) is 5.24. The summed E-state index contributed by atoms with van der Waals surface area (Å²) in [5.74, 6) is 0.509. The normalized spacial score (nSPS) is 12.8. The van der Waals surface area contributed by atoms with E-state index >= 15 is 0 Å². The molecule has 0 radical (unpaired) electrons. The van der Waals surface area contributed by atoms with E-state index in [1.807, 2.05) is 39.1 Å². The molecule has 3 aromatic rings. The Labute approximate surface area is 122 Å². The van der Waals surface area contributed by atoms with Crippen molar-refractivity contribution in [1.82, 2.24) is 10.3 Å². The lowest BCUT2D eigenvalue weighted by molar-refractivity contribution is 0.491. The maximum atomic E-state index is 13.3. The van der Waals surface area contributed by atoms with E-state index in [4.69, 9.17) is 4.42 Å². The molecule has 4 heteroatoms. The van der Waals surface area contributed by atoms with E-state index in [1.165, 1.54) is 12.1 Å². The van der Waals surface area contributed by atoms with Gasteiger partial charge in [0.1, 0.15) is 17.2 Å². The van der Waals surface area contributed by atoms with Crippen LogP contribution in [0.15, 0.2) is 40.8 Å². The van der Waals surface area contributed by atoms with Crippen LogP contribution in [0.25, 0.3) is 11.0 Å². The van der Waals surface area contributed by atoms with Crippen molar-refractivity contribution in [2.45, 2.75) is 19.9 Å². The van der Waals surface area contributed by atoms with Gasteiger partial charge in [0.2, 0.25) is 0 Å². The number of benzene rings is 1. The minimum absolute atomic E-state index is 0.0825. The van der Waals surface area contributed by atoms with Crippen LogP contribution in [0.3, 0.4) is 0 Å². The largest absolute Gasteiger partial charge is 0.459 e. The standard InChI is InChI=1S/C17H17FN2O/c1-10-6-13(7-11(2)20-10)17(19-3)16-9-12-8-14(18)4-5-15(12)21-16/h4-9,17,19H,1-3H3. The molecule has 1 aromatic carbocycles. The maximum absolute atomic E-state index is 13.3. The predicted molar refractivity (Wildman–Crippen MR) is 80.8 cm³/mol. The number of hydrogen-bond acceptors (Lipinski definition) is 3. The molecule has 0 saturated heterocycles. The highest BCUT2D eigenvalue weighted by Gasteiger charge is 2.18. The number of aromatic nitrogens is 1. The van der Waals surface area contributed by atoms with Gasteiger partial charge in [0, 0.05) is 16.8 Å². The van der Waals surface area contributed by atoms with Crippen molar-refractivity contribution < 1.29 is 8.81 Å². The molecular weight excluding hydrogens is 267 g/mol. The van der Waals surface area contributed by atoms with Crippen LogP contribution in [0.4, 0.5) is 4.39 Å². The summed E-state index contributed by atoms with van der Waals surface area (Å²) < 4.78 is 19.2. The molecule has 108 valence electrons. The fraction of sp³-hybridized carbons (Fsp3) is 0.235. The maximum Gasteiger partial charge on any atom is 0.134 e. The molecule has 0 aliphatic rings. The summed E-state index contributed by atoms with van der Waals surface area (Å²) in [6.07, 6.45) is 0. The Bertz CT molecular complexity index is 774. The van der Waals surface area contributed by atoms with Crippen molar-refractivity contribution in [3.63, 3.8) is 0 Å². The van der Waals surface area contributed by atoms with Crippen molar-refractivity contribution in [3.8, 4) is 0 Å². The molecule has 0 fully saturated rings. The van der Waals surface area contributed by atoms with Crippen LogP contribution in [0.1, 0.15) is 28.8 Å². The van der Waals surface area contributed by atoms with E-state index in [-0.39, 0.29) is 11.9 Å². The highest BCUT2D eigenvalue weighted by atomic mass is 19.1. The molecule has 3 nitrogen and oxygen atoms in total. The van der Waals surface area contributed by atoms with Gasteiger partial charge >= 0.3 is 0 Å². The molecule has 0 spiro atoms. The molecule has 21 heavy (non-hydrogen) atoms. The first-order chi connectivity index (χ1) is 10.1. The van der Waals surface area contributed by atoms with Crippen LogP contribution in [0, 0.1) is 19.7 Å². The molecule has 0 bridgehead atoms. The van der Waals surface area contributed by atoms with Crippen molar-refractivity contribution in [2.75, 3.05) is 7.05 Å². The van der Waals surface area contributed by atoms with Gasteiger partial charge in [-0.05, 0) is 62.9 Å². The van der Waals surface area contributed by atoms with Crippen LogP contribution in [-0.2, 0) is 0 Å². The molecule has 0 aliphatic heterocycles. The number of fused-ring (bicyclic) bond motifs is 1. The quantitative estimate of drug-likeness (QED) is 0.793. The van der Waals surface area contributed by atoms with Gasteiger partial charge in [0.25, 0.3) is 0 Å². The molecule has 2 aromatic heterocycles. The van der Waals surface area contributed by atoms with Crippen molar-refractivity contribution in [3.05, 3.63) is 64.9 Å². The average molecular weight is 284 g/mol. The van der Waals surface area contributed by atoms with Crippen LogP contribution in [0.5, 0.6) is 0 Å². The number of furan rings is 1. The van der Waals surface area contributed by atoms with Crippen molar-refractivity contribution in [1.29, 1.82) is 0 Å². The lowest BCUT2D eigenvalue weighted by Gasteiger charge is -2.15. The zero-order chi connectivity index (χ0) is 15.0. The van der Waals surface area contributed by atoms with E-state index in [9.17, 15) is 4.39 Å². The zero-order valence-electron chi connectivity index (χ0n) is 12.3. The molecule has 1 atom stereocenters. The number of pyridine rings is 1. The van der Waals surface area contributed by atoms with Gasteiger partial charge in [-0.15, -0.1) is 0 Å². The molecule has 0 aliphatic carbocycles. The Kier molecular flexibility index (Phi) is 3.47. The number of hydrogen-bond donors (Lipinski definition) is 1. The minimum Gasteiger partial charge on any atom is -0.459 e. The van der Waals surface area contributed by atoms with E-state index < -0.39 is 0 Å². The summed E-state index contributed by atoms with van der Waals surface area (Å²) in [6, 6.07) is 10.4. The van der Waals surface area contributed by atoms with Crippen LogP contribution in [-0.4, -0.2) is 12.0 Å². The highest BCUT2D eigenvalue weighted by Crippen LogP contribution is 2.29. The Morgan fingerprint density at radius 1 is 1.10 bits per heavy atom. The third kappa shape index (κ3) is 2.67. The average Bonchev–Trinajstić information content (AvgIpc) is 2.81. The summed E-state index contributed by atoms with van der Waals surface area (Å²) in [7, 11) is 1.88. The molecule has 1 N–H and O–H groups in total. The smallest absolute Gasteiger partial charge is 0.134 e. The number of rotatable bonds is 3. The number of halogens is 1. The number of aryl methyl sites for hydroxylation is 2. The van der Waals surface area contributed by atoms with Gasteiger partial charge in [-0.3, -0.25) is 4.98 Å². The number of nitrogens with one attached hydrogen (secondary N) is 1. The van der Waals surface area contributed by atoms with Crippen LogP contribution in [0.2, 0.25) is 0 Å². The Morgan fingerprint density at radius 2 is 1.81 bits per heavy atom. The Morgan fingerprint density at radius 3 is 2.48 bits per heavy atom. The summed E-state index contributed by atoms with van der Waals surface area (Å²) in [5.41, 5.74) is 3.70. The van der Waals surface area contributed by atoms with Crippen molar-refractivity contribution in [2.24, 2.45) is 0 Å². The van der Waals surface area contributed by atoms with Gasteiger partial charge < -0.3 is 9.73 Å². The fourth-order valence-electron chi connectivity index (χ4n) is 2.68. The second-order valence-electron chi connectivity index (χ2n) is 5.24. The molecular formula is C17H17FN2O. The molecule has 0 amide bonds. The topological polar surface area (TPSA) is 38.1 Å². The van der Waals surface area contributed by atoms with E-state index in [2.05, 4.69) is 10.3 Å². The summed E-state index contributed by atoms with van der Waals surface area (Å²) in [5, 5.41) is 4.02. The lowest BCUT2D eigenvalue weighted by atomic mass is 10.0. The first-order valence-electron chi connectivity index (χ1n) is 6.88. The second kappa shape index (κ2) is 5.30. The summed E-state index contributed by atoms with van der Waals surface area (Å²) >= 11 is 0. The number of nitrogens with zero attached hydrogens (tertiary/aromatic N) is 1. The third-order valence-electron chi connectivity index (χ3n) is 3.51. The third-order valence-corrected chi connectivity index (χ3v) is 3.51. The predicted octanol–water partition coefficient (Wildman–Crippen LogP) is 3.89. The monoisotopic (exact) mass is 284 g/mol. The van der Waals surface area contributed by atoms with Crippen molar-refractivity contribution >= 4 is 11.0 Å². The SMILES string of the molecule is CNC(c1cc(C)nc(C)c1)c1cc2cc(F)ccc2o1. The lowest BCUT2D eigenvalue weighted by Crippen LogP contribution is -2.17.